The lowest BCUT2D eigenvalue weighted by Crippen LogP contribution is -2.40. The van der Waals surface area contributed by atoms with Crippen LogP contribution in [0.25, 0.3) is 11.5 Å². The molecular weight excluding hydrogens is 456 g/mol. The molecule has 0 bridgehead atoms. The van der Waals surface area contributed by atoms with Gasteiger partial charge in [0.25, 0.3) is 0 Å². The van der Waals surface area contributed by atoms with Crippen LogP contribution in [0.5, 0.6) is 0 Å². The van der Waals surface area contributed by atoms with E-state index < -0.39 is 23.6 Å². The number of allylic oxidation sites excluding steroid dienone is 3. The smallest absolute Gasteiger partial charge is 0.377 e. The van der Waals surface area contributed by atoms with Gasteiger partial charge in [-0.25, -0.2) is 4.98 Å². The Morgan fingerprint density at radius 2 is 1.79 bits per heavy atom. The lowest BCUT2D eigenvalue weighted by Gasteiger charge is -2.26. The number of nitrogens with one attached hydrogen (secondary N) is 2. The van der Waals surface area contributed by atoms with Crippen molar-refractivity contribution in [1.29, 1.82) is 0 Å². The summed E-state index contributed by atoms with van der Waals surface area (Å²) >= 11 is 0. The number of aromatic nitrogens is 4. The molecule has 0 radical (unpaired) electrons. The van der Waals surface area contributed by atoms with Crippen LogP contribution in [0, 0.1) is 0 Å². The van der Waals surface area contributed by atoms with E-state index >= 15 is 0 Å². The summed E-state index contributed by atoms with van der Waals surface area (Å²) in [5, 5.41) is 5.50. The van der Waals surface area contributed by atoms with Crippen LogP contribution in [0.2, 0.25) is 0 Å². The Labute approximate surface area is 183 Å². The number of aliphatic imine (C=N–C) groups is 1. The van der Waals surface area contributed by atoms with Crippen LogP contribution < -0.4 is 10.6 Å². The summed E-state index contributed by atoms with van der Waals surface area (Å²) in [6.45, 7) is 5.05. The van der Waals surface area contributed by atoms with Crippen LogP contribution in [0.4, 0.5) is 38.2 Å². The fourth-order valence-electron chi connectivity index (χ4n) is 2.57. The number of nitrogens with zero attached hydrogens (tertiary/aromatic N) is 5. The third-order valence-corrected chi connectivity index (χ3v) is 4.11. The fraction of sp³-hybridized carbons (Fsp3) is 0.316. The van der Waals surface area contributed by atoms with Crippen LogP contribution in [0.1, 0.15) is 12.6 Å². The average molecular weight is 473 g/mol. The summed E-state index contributed by atoms with van der Waals surface area (Å²) in [5.74, 6) is -0.431. The van der Waals surface area contributed by atoms with E-state index in [1.807, 2.05) is 0 Å². The minimum atomic E-state index is -4.69. The summed E-state index contributed by atoms with van der Waals surface area (Å²) in [4.78, 5) is 18.9. The van der Waals surface area contributed by atoms with Crippen molar-refractivity contribution in [3.63, 3.8) is 0 Å². The van der Waals surface area contributed by atoms with Crippen LogP contribution in [-0.2, 0) is 10.9 Å². The molecule has 14 heteroatoms. The van der Waals surface area contributed by atoms with E-state index in [0.717, 1.165) is 18.2 Å². The Bertz CT molecular complexity index is 1080. The summed E-state index contributed by atoms with van der Waals surface area (Å²) in [7, 11) is 0. The predicted octanol–water partition coefficient (Wildman–Crippen LogP) is 4.23. The Morgan fingerprint density at radius 1 is 1.09 bits per heavy atom. The molecule has 2 aromatic heterocycles. The van der Waals surface area contributed by atoms with E-state index in [1.165, 1.54) is 13.0 Å². The number of halogens is 6. The number of alkyl halides is 6. The van der Waals surface area contributed by atoms with Gasteiger partial charge in [-0.05, 0) is 31.9 Å². The van der Waals surface area contributed by atoms with Crippen LogP contribution in [0.15, 0.2) is 46.7 Å². The number of hydrogen-bond donors (Lipinski definition) is 2. The second-order valence-corrected chi connectivity index (χ2v) is 6.81. The van der Waals surface area contributed by atoms with E-state index in [4.69, 9.17) is 4.74 Å². The van der Waals surface area contributed by atoms with E-state index in [0.29, 0.717) is 19.4 Å². The van der Waals surface area contributed by atoms with Crippen molar-refractivity contribution in [2.24, 2.45) is 4.99 Å². The molecule has 0 spiro atoms. The van der Waals surface area contributed by atoms with Crippen LogP contribution in [0.3, 0.4) is 0 Å². The number of ether oxygens (including phenoxy) is 1. The molecule has 2 N–H and O–H groups in total. The van der Waals surface area contributed by atoms with Gasteiger partial charge in [-0.1, -0.05) is 6.07 Å². The molecule has 0 unspecified atom stereocenters. The van der Waals surface area contributed by atoms with Crippen molar-refractivity contribution < 1.29 is 31.1 Å². The molecule has 1 aliphatic heterocycles. The first-order chi connectivity index (χ1) is 15.5. The molecule has 1 aliphatic rings. The van der Waals surface area contributed by atoms with Gasteiger partial charge in [0.05, 0.1) is 24.8 Å². The van der Waals surface area contributed by atoms with E-state index in [2.05, 4.69) is 42.3 Å². The minimum absolute atomic E-state index is 0.0119. The van der Waals surface area contributed by atoms with Gasteiger partial charge < -0.3 is 15.4 Å². The first-order valence-electron chi connectivity index (χ1n) is 9.29. The predicted molar refractivity (Wildman–Crippen MR) is 107 cm³/mol. The van der Waals surface area contributed by atoms with E-state index in [1.54, 1.807) is 0 Å². The zero-order chi connectivity index (χ0) is 24.2. The SMILES string of the molecule is C=N/C=C(\C=C(/C)Nc1nc(NC2COC2)nc(-c2cccc(C(F)(F)F)n2)n1)C(F)(F)F. The minimum Gasteiger partial charge on any atom is -0.377 e. The normalized spacial score (nSPS) is 15.7. The summed E-state index contributed by atoms with van der Waals surface area (Å²) in [5.41, 5.74) is -2.45. The standard InChI is InChI=1S/C19H17F6N7O/c1-10(6-11(7-26-2)18(20,21)22)27-16-30-15(31-17(32-16)28-12-8-33-9-12)13-4-3-5-14(29-13)19(23,24)25/h3-7,12H,2,8-9H2,1H3,(H2,27,28,30,31,32)/b10-6+,11-7+. The highest BCUT2D eigenvalue weighted by Crippen LogP contribution is 2.30. The lowest BCUT2D eigenvalue weighted by molar-refractivity contribution is -0.141. The Morgan fingerprint density at radius 3 is 2.36 bits per heavy atom. The molecule has 1 saturated heterocycles. The largest absolute Gasteiger partial charge is 0.433 e. The quantitative estimate of drug-likeness (QED) is 0.353. The summed E-state index contributed by atoms with van der Waals surface area (Å²) < 4.78 is 83.5. The topological polar surface area (TPSA) is 97.2 Å². The van der Waals surface area contributed by atoms with Crippen LogP contribution in [-0.4, -0.2) is 52.1 Å². The van der Waals surface area contributed by atoms with Gasteiger partial charge in [-0.3, -0.25) is 4.99 Å². The molecule has 3 rings (SSSR count). The van der Waals surface area contributed by atoms with Gasteiger partial charge in [0, 0.05) is 11.9 Å². The van der Waals surface area contributed by atoms with Crippen molar-refractivity contribution in [3.8, 4) is 11.5 Å². The molecule has 1 fully saturated rings. The summed E-state index contributed by atoms with van der Waals surface area (Å²) in [6, 6.07) is 3.06. The first kappa shape index (κ1) is 24.1. The molecule has 3 heterocycles. The van der Waals surface area contributed by atoms with Gasteiger partial charge in [-0.2, -0.15) is 41.3 Å². The molecule has 0 amide bonds. The highest BCUT2D eigenvalue weighted by atomic mass is 19.4. The highest BCUT2D eigenvalue weighted by Gasteiger charge is 2.33. The van der Waals surface area contributed by atoms with Crippen molar-refractivity contribution >= 4 is 18.6 Å². The third kappa shape index (κ3) is 6.47. The number of rotatable bonds is 7. The van der Waals surface area contributed by atoms with Crippen molar-refractivity contribution in [2.75, 3.05) is 23.8 Å². The molecule has 33 heavy (non-hydrogen) atoms. The summed E-state index contributed by atoms with van der Waals surface area (Å²) in [6.07, 6.45) is -8.08. The maximum Gasteiger partial charge on any atom is 0.433 e. The first-order valence-corrected chi connectivity index (χ1v) is 9.29. The van der Waals surface area contributed by atoms with Crippen molar-refractivity contribution in [3.05, 3.63) is 47.4 Å². The van der Waals surface area contributed by atoms with Gasteiger partial charge in [0.2, 0.25) is 11.9 Å². The molecule has 0 saturated carbocycles. The van der Waals surface area contributed by atoms with Gasteiger partial charge in [-0.15, -0.1) is 0 Å². The second kappa shape index (κ2) is 9.52. The van der Waals surface area contributed by atoms with Gasteiger partial charge >= 0.3 is 12.4 Å². The van der Waals surface area contributed by atoms with Crippen LogP contribution >= 0.6 is 0 Å². The third-order valence-electron chi connectivity index (χ3n) is 4.11. The Balaban J connectivity index is 1.98. The van der Waals surface area contributed by atoms with Gasteiger partial charge in [0.1, 0.15) is 11.4 Å². The van der Waals surface area contributed by atoms with E-state index in [9.17, 15) is 26.3 Å². The monoisotopic (exact) mass is 473 g/mol. The molecule has 0 aliphatic carbocycles. The number of pyridine rings is 1. The Kier molecular flexibility index (Phi) is 6.95. The second-order valence-electron chi connectivity index (χ2n) is 6.81. The zero-order valence-electron chi connectivity index (χ0n) is 17.0. The molecule has 176 valence electrons. The van der Waals surface area contributed by atoms with E-state index in [-0.39, 0.29) is 35.2 Å². The number of hydrogen-bond acceptors (Lipinski definition) is 8. The van der Waals surface area contributed by atoms with Gasteiger partial charge in [0.15, 0.2) is 5.82 Å². The fourth-order valence-corrected chi connectivity index (χ4v) is 2.57. The molecular formula is C19H17F6N7O. The molecule has 2 aromatic rings. The lowest BCUT2D eigenvalue weighted by atomic mass is 10.2. The zero-order valence-corrected chi connectivity index (χ0v) is 17.0. The maximum atomic E-state index is 13.1. The molecule has 0 aromatic carbocycles. The van der Waals surface area contributed by atoms with Crippen molar-refractivity contribution in [1.82, 2.24) is 19.9 Å². The van der Waals surface area contributed by atoms with Crippen molar-refractivity contribution in [2.45, 2.75) is 25.3 Å². The molecule has 0 atom stereocenters. The Hall–Kier alpha value is -3.55. The molecule has 8 nitrogen and oxygen atoms in total. The average Bonchev–Trinajstić information content (AvgIpc) is 2.69. The highest BCUT2D eigenvalue weighted by molar-refractivity contribution is 5.55. The number of anilines is 2. The maximum absolute atomic E-state index is 13.1.